The van der Waals surface area contributed by atoms with E-state index in [1.807, 2.05) is 39.8 Å². The number of carbonyl (C=O) groups excluding carboxylic acids is 2. The van der Waals surface area contributed by atoms with Gasteiger partial charge in [0.2, 0.25) is 0 Å². The molecule has 0 aromatic heterocycles. The molecule has 280 valence electrons. The summed E-state index contributed by atoms with van der Waals surface area (Å²) in [6.07, 6.45) is 2.86. The number of hydrogen-bond acceptors (Lipinski definition) is 13. The Morgan fingerprint density at radius 1 is 0.939 bits per heavy atom. The Labute approximate surface area is 291 Å². The lowest BCUT2D eigenvalue weighted by Gasteiger charge is -2.43. The molecule has 0 aromatic rings. The molecule has 0 aromatic carbocycles. The molecular formula is C36H59NO12. The standard InChI is InChI=1S/C36H59NO12/c1-10-28-36(42,20-45-35-33(44-9)32(43-8)30(40)24(5)47-35)17-12-11-14-26(38)21(2)18-22(3)27(15-13-16-29(39)49-28)48-34-31(41)25(37(6)7)19-23(4)46-34/h11-14,16-17,21-25,27-28,30-35,40-42H,10,15,18-20H2,1-9H3/b14-11+,16-13+,17-12+/t21-,22+,23-,24-,25+,27-,28-,30-,31-,32+,33-,34+,35-,36-/m0/s1. The largest absolute Gasteiger partial charge is 0.456 e. The number of hydrogen-bond donors (Lipinski definition) is 3. The predicted octanol–water partition coefficient (Wildman–Crippen LogP) is 2.31. The average Bonchev–Trinajstić information content (AvgIpc) is 3.05. The quantitative estimate of drug-likeness (QED) is 0.301. The second-order valence-corrected chi connectivity index (χ2v) is 13.9. The van der Waals surface area contributed by atoms with Crippen molar-refractivity contribution in [2.75, 3.05) is 34.9 Å². The number of methoxy groups -OCH3 is 2. The van der Waals surface area contributed by atoms with Gasteiger partial charge in [-0.1, -0.05) is 39.0 Å². The van der Waals surface area contributed by atoms with Gasteiger partial charge in [-0.2, -0.15) is 0 Å². The van der Waals surface area contributed by atoms with Gasteiger partial charge in [-0.05, 0) is 71.7 Å². The van der Waals surface area contributed by atoms with Crippen molar-refractivity contribution in [2.24, 2.45) is 11.8 Å². The third kappa shape index (κ3) is 11.0. The minimum Gasteiger partial charge on any atom is -0.456 e. The van der Waals surface area contributed by atoms with Crippen molar-refractivity contribution >= 4 is 11.8 Å². The Hall–Kier alpha value is -2.04. The first kappa shape index (κ1) is 41.4. The Kier molecular flexibility index (Phi) is 16.0. The van der Waals surface area contributed by atoms with Crippen LogP contribution in [0.25, 0.3) is 0 Å². The van der Waals surface area contributed by atoms with E-state index < -0.39 is 66.9 Å². The highest BCUT2D eigenvalue weighted by Gasteiger charge is 2.47. The maximum absolute atomic E-state index is 13.1. The second-order valence-electron chi connectivity index (χ2n) is 13.9. The van der Waals surface area contributed by atoms with E-state index in [1.54, 1.807) is 19.9 Å². The normalized spacial score (nSPS) is 43.6. The predicted molar refractivity (Wildman–Crippen MR) is 180 cm³/mol. The fraction of sp³-hybridized carbons (Fsp3) is 0.778. The third-order valence-electron chi connectivity index (χ3n) is 9.78. The molecule has 3 rings (SSSR count). The van der Waals surface area contributed by atoms with Gasteiger partial charge in [0.1, 0.15) is 36.1 Å². The molecule has 0 amide bonds. The number of allylic oxidation sites excluding steroid dienone is 3. The van der Waals surface area contributed by atoms with Gasteiger partial charge in [0, 0.05) is 32.3 Å². The molecular weight excluding hydrogens is 638 g/mol. The summed E-state index contributed by atoms with van der Waals surface area (Å²) in [5, 5.41) is 33.5. The highest BCUT2D eigenvalue weighted by atomic mass is 16.7. The number of likely N-dealkylation sites (N-methyl/N-ethyl adjacent to an activating group) is 1. The van der Waals surface area contributed by atoms with Crippen LogP contribution in [-0.4, -0.2) is 140 Å². The Bertz CT molecular complexity index is 1150. The lowest BCUT2D eigenvalue weighted by molar-refractivity contribution is -0.310. The maximum atomic E-state index is 13.1. The van der Waals surface area contributed by atoms with Crippen molar-refractivity contribution in [3.05, 3.63) is 36.5 Å². The van der Waals surface area contributed by atoms with Crippen LogP contribution in [0.2, 0.25) is 0 Å². The van der Waals surface area contributed by atoms with Crippen LogP contribution in [0.5, 0.6) is 0 Å². The van der Waals surface area contributed by atoms with E-state index in [0.717, 1.165) is 0 Å². The van der Waals surface area contributed by atoms with Crippen molar-refractivity contribution in [3.63, 3.8) is 0 Å². The fourth-order valence-electron chi connectivity index (χ4n) is 6.73. The van der Waals surface area contributed by atoms with Crippen molar-refractivity contribution in [3.8, 4) is 0 Å². The van der Waals surface area contributed by atoms with Crippen molar-refractivity contribution < 1.29 is 58.1 Å². The van der Waals surface area contributed by atoms with Crippen LogP contribution in [0.1, 0.15) is 60.3 Å². The minimum absolute atomic E-state index is 0.108. The van der Waals surface area contributed by atoms with Crippen molar-refractivity contribution in [1.82, 2.24) is 4.90 Å². The van der Waals surface area contributed by atoms with E-state index in [-0.39, 0.29) is 49.2 Å². The molecule has 0 bridgehead atoms. The first-order valence-corrected chi connectivity index (χ1v) is 17.3. The Morgan fingerprint density at radius 2 is 1.63 bits per heavy atom. The maximum Gasteiger partial charge on any atom is 0.330 e. The second kappa shape index (κ2) is 19.0. The number of aliphatic hydroxyl groups is 3. The molecule has 0 saturated carbocycles. The zero-order valence-corrected chi connectivity index (χ0v) is 30.5. The molecule has 2 fully saturated rings. The SMILES string of the molecule is CC[C@@H]1OC(=O)/C=C/C[C@H](O[C@H]2O[C@@H](C)C[C@@H](N(C)C)[C@@H]2O)[C@H](C)C[C@H](C)C(=O)/C=C/C=C/[C@]1(O)CO[C@H]1O[C@@H](C)[C@H](O)[C@@H](OC)[C@@H]1OC. The summed E-state index contributed by atoms with van der Waals surface area (Å²) < 4.78 is 41.1. The Morgan fingerprint density at radius 3 is 2.27 bits per heavy atom. The number of rotatable bonds is 9. The smallest absolute Gasteiger partial charge is 0.330 e. The summed E-state index contributed by atoms with van der Waals surface area (Å²) in [7, 11) is 6.70. The third-order valence-corrected chi connectivity index (χ3v) is 9.78. The first-order chi connectivity index (χ1) is 23.1. The molecule has 0 aliphatic carbocycles. The highest BCUT2D eigenvalue weighted by molar-refractivity contribution is 5.91. The zero-order valence-electron chi connectivity index (χ0n) is 30.5. The summed E-state index contributed by atoms with van der Waals surface area (Å²) in [5.41, 5.74) is -1.84. The molecule has 3 aliphatic rings. The lowest BCUT2D eigenvalue weighted by Crippen LogP contribution is -2.59. The van der Waals surface area contributed by atoms with Crippen LogP contribution in [0.15, 0.2) is 36.5 Å². The monoisotopic (exact) mass is 697 g/mol. The molecule has 0 spiro atoms. The number of ketones is 1. The van der Waals surface area contributed by atoms with Crippen molar-refractivity contribution in [1.29, 1.82) is 0 Å². The van der Waals surface area contributed by atoms with Crippen LogP contribution in [-0.2, 0) is 42.7 Å². The minimum atomic E-state index is -1.84. The van der Waals surface area contributed by atoms with E-state index in [9.17, 15) is 24.9 Å². The van der Waals surface area contributed by atoms with E-state index >= 15 is 0 Å². The van der Waals surface area contributed by atoms with Gasteiger partial charge in [-0.15, -0.1) is 0 Å². The molecule has 3 N–H and O–H groups in total. The van der Waals surface area contributed by atoms with Gasteiger partial charge in [-0.25, -0.2) is 4.79 Å². The molecule has 3 heterocycles. The summed E-state index contributed by atoms with van der Waals surface area (Å²) in [6, 6.07) is -0.158. The number of carbonyl (C=O) groups is 2. The molecule has 14 atom stereocenters. The molecule has 13 nitrogen and oxygen atoms in total. The summed E-state index contributed by atoms with van der Waals surface area (Å²) >= 11 is 0. The molecule has 0 radical (unpaired) electrons. The summed E-state index contributed by atoms with van der Waals surface area (Å²) in [4.78, 5) is 28.2. The van der Waals surface area contributed by atoms with Gasteiger partial charge in [0.15, 0.2) is 18.4 Å². The zero-order chi connectivity index (χ0) is 36.5. The number of cyclic esters (lactones) is 1. The summed E-state index contributed by atoms with van der Waals surface area (Å²) in [5.74, 6) is -1.27. The molecule has 0 unspecified atom stereocenters. The number of ether oxygens (including phenoxy) is 7. The van der Waals surface area contributed by atoms with E-state index in [4.69, 9.17) is 33.2 Å². The van der Waals surface area contributed by atoms with E-state index in [0.29, 0.717) is 12.8 Å². The number of aliphatic hydroxyl groups excluding tert-OH is 2. The molecule has 3 aliphatic heterocycles. The van der Waals surface area contributed by atoms with Crippen LogP contribution in [0, 0.1) is 11.8 Å². The Balaban J connectivity index is 1.86. The van der Waals surface area contributed by atoms with Gasteiger partial charge in [0.05, 0.1) is 24.9 Å². The average molecular weight is 698 g/mol. The topological polar surface area (TPSA) is 163 Å². The fourth-order valence-corrected chi connectivity index (χ4v) is 6.73. The molecule has 13 heteroatoms. The first-order valence-electron chi connectivity index (χ1n) is 17.3. The van der Waals surface area contributed by atoms with Crippen LogP contribution in [0.3, 0.4) is 0 Å². The van der Waals surface area contributed by atoms with E-state index in [2.05, 4.69) is 0 Å². The van der Waals surface area contributed by atoms with Crippen LogP contribution < -0.4 is 0 Å². The van der Waals surface area contributed by atoms with Crippen molar-refractivity contribution in [2.45, 2.75) is 133 Å². The van der Waals surface area contributed by atoms with Gasteiger partial charge in [-0.3, -0.25) is 4.79 Å². The molecule has 49 heavy (non-hydrogen) atoms. The van der Waals surface area contributed by atoms with E-state index in [1.165, 1.54) is 44.6 Å². The number of nitrogens with zero attached hydrogens (tertiary/aromatic N) is 1. The van der Waals surface area contributed by atoms with Gasteiger partial charge in [0.25, 0.3) is 0 Å². The number of esters is 1. The lowest BCUT2D eigenvalue weighted by atomic mass is 9.88. The van der Waals surface area contributed by atoms with Crippen LogP contribution in [0.4, 0.5) is 0 Å². The summed E-state index contributed by atoms with van der Waals surface area (Å²) in [6.45, 7) is 8.82. The van der Waals surface area contributed by atoms with Gasteiger partial charge < -0.3 is 53.4 Å². The highest BCUT2D eigenvalue weighted by Crippen LogP contribution is 2.31. The van der Waals surface area contributed by atoms with Gasteiger partial charge >= 0.3 is 5.97 Å². The van der Waals surface area contributed by atoms with Crippen LogP contribution >= 0.6 is 0 Å². The molecule has 2 saturated heterocycles.